The molecule has 1 unspecified atom stereocenters. The molecule has 0 saturated carbocycles. The molecule has 4 N–H and O–H groups in total. The molecule has 1 atom stereocenters. The Bertz CT molecular complexity index is 1300. The van der Waals surface area contributed by atoms with Gasteiger partial charge in [0.2, 0.25) is 5.96 Å². The van der Waals surface area contributed by atoms with Gasteiger partial charge >= 0.3 is 18.5 Å². The fraction of sp³-hybridized carbons (Fsp3) is 0.552. The Labute approximate surface area is 255 Å². The summed E-state index contributed by atoms with van der Waals surface area (Å²) in [4.78, 5) is 7.31. The maximum Gasteiger partial charge on any atom is 0.416 e. The van der Waals surface area contributed by atoms with Crippen molar-refractivity contribution in [3.63, 3.8) is 0 Å². The van der Waals surface area contributed by atoms with Crippen molar-refractivity contribution >= 4 is 5.96 Å². The summed E-state index contributed by atoms with van der Waals surface area (Å²) >= 11 is 0. The number of rotatable bonds is 8. The Kier molecular flexibility index (Phi) is 11.1. The molecule has 7 nitrogen and oxygen atoms in total. The van der Waals surface area contributed by atoms with Crippen LogP contribution < -0.4 is 11.3 Å². The van der Waals surface area contributed by atoms with Crippen LogP contribution in [0.4, 0.5) is 39.5 Å². The van der Waals surface area contributed by atoms with Crippen molar-refractivity contribution in [3.05, 3.63) is 69.8 Å². The second-order valence-electron chi connectivity index (χ2n) is 11.4. The number of halogens is 9. The van der Waals surface area contributed by atoms with E-state index in [0.29, 0.717) is 50.0 Å². The van der Waals surface area contributed by atoms with Crippen molar-refractivity contribution < 1.29 is 44.6 Å². The SMILES string of the molecule is CCC(c1ccc(C(F)(F)F)cc1CN(Cc1cc(C(F)(F)F)cc(C(F)(F)F)c1)C(=NC)NN(C)N)N1CCC(C)(O)CC1. The standard InChI is InChI=1S/C29H37F9N6O/c1-5-24(43-10-8-26(2,45)9-11-43)23-7-6-20(27(30,31)32)14-19(23)17-44(25(40-3)41-42(4)39)16-18-12-21(28(33,34)35)15-22(13-18)29(36,37)38/h6-7,12-15,24,45H,5,8-11,16-17,39H2,1-4H3,(H,40,41). The number of aliphatic hydroxyl groups is 1. The molecule has 1 aliphatic heterocycles. The van der Waals surface area contributed by atoms with Gasteiger partial charge in [0.1, 0.15) is 0 Å². The van der Waals surface area contributed by atoms with Crippen LogP contribution in [0.5, 0.6) is 0 Å². The molecule has 45 heavy (non-hydrogen) atoms. The minimum absolute atomic E-state index is 0.00130. The molecule has 2 aromatic rings. The summed E-state index contributed by atoms with van der Waals surface area (Å²) in [5.74, 6) is 5.58. The molecule has 16 heteroatoms. The molecule has 1 aliphatic rings. The van der Waals surface area contributed by atoms with Gasteiger partial charge in [0.05, 0.1) is 22.3 Å². The van der Waals surface area contributed by atoms with Crippen molar-refractivity contribution in [1.82, 2.24) is 20.3 Å². The van der Waals surface area contributed by atoms with Crippen molar-refractivity contribution in [1.29, 1.82) is 0 Å². The second-order valence-corrected chi connectivity index (χ2v) is 11.4. The summed E-state index contributed by atoms with van der Waals surface area (Å²) in [7, 11) is 2.64. The first-order valence-electron chi connectivity index (χ1n) is 14.1. The summed E-state index contributed by atoms with van der Waals surface area (Å²) in [5.41, 5.74) is -2.07. The van der Waals surface area contributed by atoms with Gasteiger partial charge in [-0.2, -0.15) is 44.6 Å². The predicted molar refractivity (Wildman–Crippen MR) is 150 cm³/mol. The number of nitrogens with two attached hydrogens (primary N) is 1. The van der Waals surface area contributed by atoms with E-state index < -0.39 is 59.0 Å². The highest BCUT2D eigenvalue weighted by Crippen LogP contribution is 2.39. The third kappa shape index (κ3) is 9.70. The number of aliphatic imine (C=N–C) groups is 1. The molecular weight excluding hydrogens is 619 g/mol. The van der Waals surface area contributed by atoms with E-state index in [9.17, 15) is 44.6 Å². The van der Waals surface area contributed by atoms with E-state index in [1.165, 1.54) is 25.1 Å². The van der Waals surface area contributed by atoms with Crippen LogP contribution in [0.25, 0.3) is 0 Å². The van der Waals surface area contributed by atoms with Gasteiger partial charge in [-0.25, -0.2) is 0 Å². The molecule has 0 amide bonds. The molecule has 1 heterocycles. The molecule has 1 fully saturated rings. The maximum atomic E-state index is 13.9. The Hall–Kier alpha value is -3.08. The van der Waals surface area contributed by atoms with E-state index in [2.05, 4.69) is 10.4 Å². The smallest absolute Gasteiger partial charge is 0.390 e. The third-order valence-electron chi connectivity index (χ3n) is 7.70. The first-order valence-corrected chi connectivity index (χ1v) is 14.1. The van der Waals surface area contributed by atoms with E-state index in [-0.39, 0.29) is 24.1 Å². The number of benzene rings is 2. The minimum Gasteiger partial charge on any atom is -0.390 e. The lowest BCUT2D eigenvalue weighted by molar-refractivity contribution is -0.143. The summed E-state index contributed by atoms with van der Waals surface area (Å²) in [6.07, 6.45) is -13.6. The topological polar surface area (TPSA) is 80.4 Å². The zero-order valence-corrected chi connectivity index (χ0v) is 25.2. The quantitative estimate of drug-likeness (QED) is 0.101. The van der Waals surface area contributed by atoms with E-state index in [4.69, 9.17) is 5.84 Å². The Morgan fingerprint density at radius 1 is 0.933 bits per heavy atom. The highest BCUT2D eigenvalue weighted by Gasteiger charge is 2.38. The number of piperidine rings is 1. The van der Waals surface area contributed by atoms with E-state index >= 15 is 0 Å². The highest BCUT2D eigenvalue weighted by atomic mass is 19.4. The number of likely N-dealkylation sites (tertiary alicyclic amines) is 1. The maximum absolute atomic E-state index is 13.9. The summed E-state index contributed by atoms with van der Waals surface area (Å²) < 4.78 is 123. The van der Waals surface area contributed by atoms with Gasteiger partial charge in [0.25, 0.3) is 0 Å². The summed E-state index contributed by atoms with van der Waals surface area (Å²) in [5, 5.41) is 11.4. The Morgan fingerprint density at radius 3 is 1.91 bits per heavy atom. The second kappa shape index (κ2) is 13.7. The van der Waals surface area contributed by atoms with Gasteiger partial charge in [-0.15, -0.1) is 0 Å². The molecule has 0 spiro atoms. The fourth-order valence-electron chi connectivity index (χ4n) is 5.40. The van der Waals surface area contributed by atoms with E-state index in [1.54, 1.807) is 6.92 Å². The lowest BCUT2D eigenvalue weighted by atomic mass is 9.89. The Balaban J connectivity index is 2.16. The number of nitrogens with one attached hydrogen (secondary N) is 1. The van der Waals surface area contributed by atoms with Crippen molar-refractivity contribution in [2.75, 3.05) is 27.2 Å². The van der Waals surface area contributed by atoms with Gasteiger partial charge in [-0.3, -0.25) is 21.2 Å². The van der Waals surface area contributed by atoms with Gasteiger partial charge in [0.15, 0.2) is 0 Å². The number of guanidine groups is 1. The van der Waals surface area contributed by atoms with Gasteiger partial charge in [-0.1, -0.05) is 13.0 Å². The molecule has 0 aliphatic carbocycles. The van der Waals surface area contributed by atoms with Crippen LogP contribution in [0.15, 0.2) is 41.4 Å². The van der Waals surface area contributed by atoms with Crippen LogP contribution in [0, 0.1) is 0 Å². The molecule has 252 valence electrons. The molecule has 3 rings (SSSR count). The molecule has 0 bridgehead atoms. The Morgan fingerprint density at radius 2 is 1.47 bits per heavy atom. The van der Waals surface area contributed by atoms with Gasteiger partial charge in [-0.05, 0) is 73.2 Å². The number of alkyl halides is 9. The van der Waals surface area contributed by atoms with E-state index in [1.807, 2.05) is 11.8 Å². The van der Waals surface area contributed by atoms with Crippen molar-refractivity contribution in [2.24, 2.45) is 10.8 Å². The summed E-state index contributed by atoms with van der Waals surface area (Å²) in [6.45, 7) is 3.49. The molecule has 1 saturated heterocycles. The van der Waals surface area contributed by atoms with Crippen LogP contribution in [0.1, 0.15) is 72.5 Å². The zero-order chi connectivity index (χ0) is 34.0. The minimum atomic E-state index is -5.10. The van der Waals surface area contributed by atoms with Crippen LogP contribution in [-0.2, 0) is 31.6 Å². The zero-order valence-electron chi connectivity index (χ0n) is 25.2. The largest absolute Gasteiger partial charge is 0.416 e. The monoisotopic (exact) mass is 656 g/mol. The normalized spacial score (nSPS) is 17.5. The number of hydrogen-bond acceptors (Lipinski definition) is 5. The first kappa shape index (κ1) is 36.4. The lowest BCUT2D eigenvalue weighted by Crippen LogP contribution is -2.51. The predicted octanol–water partition coefficient (Wildman–Crippen LogP) is 6.34. The van der Waals surface area contributed by atoms with Gasteiger partial charge < -0.3 is 10.0 Å². The van der Waals surface area contributed by atoms with Crippen molar-refractivity contribution in [3.8, 4) is 0 Å². The fourth-order valence-corrected chi connectivity index (χ4v) is 5.40. The van der Waals surface area contributed by atoms with Crippen LogP contribution in [0.3, 0.4) is 0 Å². The van der Waals surface area contributed by atoms with Crippen molar-refractivity contribution in [2.45, 2.75) is 76.4 Å². The molecule has 0 radical (unpaired) electrons. The lowest BCUT2D eigenvalue weighted by Gasteiger charge is -2.41. The number of nitrogens with zero attached hydrogens (tertiary/aromatic N) is 4. The van der Waals surface area contributed by atoms with Crippen LogP contribution in [0.2, 0.25) is 0 Å². The average molecular weight is 657 g/mol. The highest BCUT2D eigenvalue weighted by molar-refractivity contribution is 5.79. The van der Waals surface area contributed by atoms with Crippen LogP contribution >= 0.6 is 0 Å². The number of hydrogen-bond donors (Lipinski definition) is 3. The molecule has 2 aromatic carbocycles. The molecular formula is C29H37F9N6O. The molecule has 0 aromatic heterocycles. The van der Waals surface area contributed by atoms with Gasteiger partial charge in [0, 0.05) is 46.3 Å². The average Bonchev–Trinajstić information content (AvgIpc) is 2.91. The summed E-state index contributed by atoms with van der Waals surface area (Å²) in [6, 6.07) is 3.94. The third-order valence-corrected chi connectivity index (χ3v) is 7.70. The number of hydrazine groups is 2. The first-order chi connectivity index (χ1) is 20.6. The van der Waals surface area contributed by atoms with E-state index in [0.717, 1.165) is 17.3 Å². The van der Waals surface area contributed by atoms with Crippen LogP contribution in [-0.4, -0.2) is 58.8 Å².